The van der Waals surface area contributed by atoms with Crippen molar-refractivity contribution in [2.75, 3.05) is 7.05 Å². The number of hydrogen-bond acceptors (Lipinski definition) is 1. The maximum atomic E-state index is 4.50. The van der Waals surface area contributed by atoms with Crippen molar-refractivity contribution in [2.24, 2.45) is 5.73 Å². The van der Waals surface area contributed by atoms with Gasteiger partial charge in [-0.3, -0.25) is 0 Å². The Morgan fingerprint density at radius 3 is 1.26 bits per heavy atom. The van der Waals surface area contributed by atoms with Crippen LogP contribution in [0.25, 0.3) is 35.1 Å². The summed E-state index contributed by atoms with van der Waals surface area (Å²) >= 11 is 0. The van der Waals surface area contributed by atoms with E-state index in [1.54, 1.807) is 0 Å². The second kappa shape index (κ2) is 19.9. The molecule has 150 valence electrons. The Morgan fingerprint density at radius 1 is 0.630 bits per heavy atom. The molecule has 1 nitrogen and oxygen atoms in total. The third-order valence-electron chi connectivity index (χ3n) is 3.32. The largest absolute Gasteiger partial charge is 0.333 e. The number of benzene rings is 2. The summed E-state index contributed by atoms with van der Waals surface area (Å²) < 4.78 is 0. The van der Waals surface area contributed by atoms with E-state index in [1.807, 2.05) is 78.8 Å². The summed E-state index contributed by atoms with van der Waals surface area (Å²) in [6.45, 7) is 25.9. The van der Waals surface area contributed by atoms with Crippen LogP contribution in [0.5, 0.6) is 0 Å². The molecule has 0 saturated carbocycles. The molecule has 0 spiro atoms. The number of fused-ring (bicyclic) bond motifs is 1. The summed E-state index contributed by atoms with van der Waals surface area (Å²) in [5, 5.41) is 2.39. The van der Waals surface area contributed by atoms with Crippen molar-refractivity contribution in [1.82, 2.24) is 0 Å². The first kappa shape index (κ1) is 29.4. The van der Waals surface area contributed by atoms with Gasteiger partial charge >= 0.3 is 0 Å². The molecule has 0 heterocycles. The molecule has 0 unspecified atom stereocenters. The minimum Gasteiger partial charge on any atom is -0.333 e. The molecule has 0 fully saturated rings. The van der Waals surface area contributed by atoms with Gasteiger partial charge in [-0.1, -0.05) is 116 Å². The van der Waals surface area contributed by atoms with E-state index in [4.69, 9.17) is 0 Å². The van der Waals surface area contributed by atoms with Gasteiger partial charge in [-0.15, -0.1) is 0 Å². The molecule has 0 saturated heterocycles. The lowest BCUT2D eigenvalue weighted by molar-refractivity contribution is 1.48. The van der Waals surface area contributed by atoms with Gasteiger partial charge < -0.3 is 5.73 Å². The third-order valence-corrected chi connectivity index (χ3v) is 3.32. The van der Waals surface area contributed by atoms with Crippen LogP contribution in [-0.2, 0) is 0 Å². The van der Waals surface area contributed by atoms with Crippen molar-refractivity contribution >= 4 is 35.1 Å². The Labute approximate surface area is 169 Å². The first-order valence-corrected chi connectivity index (χ1v) is 9.94. The average Bonchev–Trinajstić information content (AvgIpc) is 2.78. The topological polar surface area (TPSA) is 26.0 Å². The van der Waals surface area contributed by atoms with Crippen LogP contribution >= 0.6 is 0 Å². The number of allylic oxidation sites excluding steroid dienone is 1. The Kier molecular flexibility index (Phi) is 21.7. The monoisotopic (exact) mass is 367 g/mol. The fourth-order valence-electron chi connectivity index (χ4n) is 2.54. The molecule has 1 heteroatoms. The van der Waals surface area contributed by atoms with Crippen LogP contribution < -0.4 is 5.73 Å². The first-order valence-electron chi connectivity index (χ1n) is 9.94. The minimum absolute atomic E-state index is 1.11. The molecule has 0 aliphatic rings. The van der Waals surface area contributed by atoms with E-state index in [0.29, 0.717) is 0 Å². The van der Waals surface area contributed by atoms with Gasteiger partial charge in [0.05, 0.1) is 0 Å². The van der Waals surface area contributed by atoms with E-state index in [0.717, 1.165) is 22.3 Å². The molecule has 0 aromatic heterocycles. The van der Waals surface area contributed by atoms with Gasteiger partial charge in [0.25, 0.3) is 0 Å². The highest BCUT2D eigenvalue weighted by atomic mass is 14.4. The second-order valence-electron chi connectivity index (χ2n) is 4.31. The number of hydrogen-bond donors (Lipinski definition) is 1. The van der Waals surface area contributed by atoms with Crippen molar-refractivity contribution in [1.29, 1.82) is 0 Å². The molecule has 0 bridgehead atoms. The molecule has 0 atom stereocenters. The summed E-state index contributed by atoms with van der Waals surface area (Å²) in [6.07, 6.45) is 9.85. The minimum atomic E-state index is 1.11. The molecule has 2 N–H and O–H groups in total. The Balaban J connectivity index is -0.000000638. The Morgan fingerprint density at radius 2 is 0.963 bits per heavy atom. The molecule has 2 aromatic rings. The quantitative estimate of drug-likeness (QED) is 0.576. The lowest BCUT2D eigenvalue weighted by Gasteiger charge is -2.15. The van der Waals surface area contributed by atoms with Crippen LogP contribution in [0.15, 0.2) is 50.1 Å². The Hall–Kier alpha value is -2.38. The van der Waals surface area contributed by atoms with Crippen molar-refractivity contribution in [2.45, 2.75) is 48.5 Å². The highest BCUT2D eigenvalue weighted by molar-refractivity contribution is 6.02. The maximum absolute atomic E-state index is 4.50. The van der Waals surface area contributed by atoms with Crippen molar-refractivity contribution < 1.29 is 0 Å². The van der Waals surface area contributed by atoms with E-state index in [9.17, 15) is 0 Å². The average molecular weight is 368 g/mol. The summed E-state index contributed by atoms with van der Waals surface area (Å²) in [4.78, 5) is 0. The van der Waals surface area contributed by atoms with Crippen LogP contribution in [0.2, 0.25) is 0 Å². The zero-order valence-electron chi connectivity index (χ0n) is 18.9. The van der Waals surface area contributed by atoms with Crippen LogP contribution in [-0.4, -0.2) is 7.05 Å². The van der Waals surface area contributed by atoms with Crippen LogP contribution in [0, 0.1) is 0 Å². The zero-order chi connectivity index (χ0) is 21.8. The predicted molar refractivity (Wildman–Crippen MR) is 133 cm³/mol. The lowest BCUT2D eigenvalue weighted by atomic mass is 9.88. The van der Waals surface area contributed by atoms with Crippen LogP contribution in [0.3, 0.4) is 0 Å². The molecular formula is C26H41N. The standard InChI is InChI=1S/C19H18.3C2H6.CH5N/c1-5-11-17-14(6-2)15(7-3)18-12-9-10-13-19(18)16(17)8-4;4*1-2/h5-13H,2-4H2,1H3;3*1-2H3;2H2,1H3/b11-5-;;;;. The van der Waals surface area contributed by atoms with Crippen LogP contribution in [0.4, 0.5) is 0 Å². The van der Waals surface area contributed by atoms with Gasteiger partial charge in [0, 0.05) is 0 Å². The van der Waals surface area contributed by atoms with E-state index < -0.39 is 0 Å². The summed E-state index contributed by atoms with van der Waals surface area (Å²) in [6, 6.07) is 8.34. The summed E-state index contributed by atoms with van der Waals surface area (Å²) in [7, 11) is 1.50. The SMILES string of the molecule is C=Cc1c(/C=C\C)c(C=C)c2ccccc2c1C=C.CC.CC.CC.CN. The fourth-order valence-corrected chi connectivity index (χ4v) is 2.54. The van der Waals surface area contributed by atoms with Gasteiger partial charge in [-0.25, -0.2) is 0 Å². The van der Waals surface area contributed by atoms with Crippen LogP contribution in [0.1, 0.15) is 70.7 Å². The molecule has 2 aromatic carbocycles. The van der Waals surface area contributed by atoms with Gasteiger partial charge in [-0.05, 0) is 47.0 Å². The van der Waals surface area contributed by atoms with E-state index in [-0.39, 0.29) is 0 Å². The molecule has 0 aliphatic carbocycles. The number of rotatable bonds is 4. The van der Waals surface area contributed by atoms with Crippen molar-refractivity contribution in [3.8, 4) is 0 Å². The summed E-state index contributed by atoms with van der Waals surface area (Å²) in [5.41, 5.74) is 9.04. The highest BCUT2D eigenvalue weighted by Gasteiger charge is 2.12. The highest BCUT2D eigenvalue weighted by Crippen LogP contribution is 2.33. The first-order chi connectivity index (χ1) is 13.3. The van der Waals surface area contributed by atoms with E-state index in [1.165, 1.54) is 17.8 Å². The molecule has 0 amide bonds. The van der Waals surface area contributed by atoms with Gasteiger partial charge in [0.1, 0.15) is 0 Å². The smallest absolute Gasteiger partial charge is 0.00992 e. The third kappa shape index (κ3) is 7.80. The fraction of sp³-hybridized carbons (Fsp3) is 0.308. The van der Waals surface area contributed by atoms with Gasteiger partial charge in [0.15, 0.2) is 0 Å². The molecular weight excluding hydrogens is 326 g/mol. The lowest BCUT2D eigenvalue weighted by Crippen LogP contribution is -1.94. The Bertz CT molecular complexity index is 691. The normalized spacial score (nSPS) is 8.48. The zero-order valence-corrected chi connectivity index (χ0v) is 18.9. The van der Waals surface area contributed by atoms with E-state index >= 15 is 0 Å². The maximum Gasteiger partial charge on any atom is -0.00992 e. The predicted octanol–water partition coefficient (Wildman–Crippen LogP) is 8.46. The summed E-state index contributed by atoms with van der Waals surface area (Å²) in [5.74, 6) is 0. The van der Waals surface area contributed by atoms with Crippen molar-refractivity contribution in [3.05, 3.63) is 72.3 Å². The molecule has 0 aliphatic heterocycles. The van der Waals surface area contributed by atoms with Gasteiger partial charge in [-0.2, -0.15) is 0 Å². The molecule has 0 radical (unpaired) electrons. The second-order valence-corrected chi connectivity index (χ2v) is 4.31. The molecule has 27 heavy (non-hydrogen) atoms. The van der Waals surface area contributed by atoms with Gasteiger partial charge in [0.2, 0.25) is 0 Å². The van der Waals surface area contributed by atoms with Crippen molar-refractivity contribution in [3.63, 3.8) is 0 Å². The number of nitrogens with two attached hydrogens (primary N) is 1. The van der Waals surface area contributed by atoms with E-state index in [2.05, 4.69) is 49.7 Å². The molecule has 2 rings (SSSR count).